The molecule has 1 fully saturated rings. The standard InChI is InChI=1S/C18H18N2O2S/c21-16(14-7-3-1-4-8-14)13-20-11-12-23-18(20)19-17(22)15-9-5-2-6-10-15/h1-10,16,21H,11-13H2/t16-/m1/s1. The van der Waals surface area contributed by atoms with E-state index in [2.05, 4.69) is 4.99 Å². The molecular weight excluding hydrogens is 308 g/mol. The van der Waals surface area contributed by atoms with Crippen LogP contribution >= 0.6 is 11.8 Å². The Morgan fingerprint density at radius 1 is 1.13 bits per heavy atom. The summed E-state index contributed by atoms with van der Waals surface area (Å²) in [5.74, 6) is 0.636. The van der Waals surface area contributed by atoms with Gasteiger partial charge in [0.15, 0.2) is 5.17 Å². The Labute approximate surface area is 139 Å². The van der Waals surface area contributed by atoms with Gasteiger partial charge < -0.3 is 10.0 Å². The third-order valence-corrected chi connectivity index (χ3v) is 4.65. The summed E-state index contributed by atoms with van der Waals surface area (Å²) < 4.78 is 0. The van der Waals surface area contributed by atoms with Gasteiger partial charge in [-0.3, -0.25) is 4.79 Å². The fourth-order valence-electron chi connectivity index (χ4n) is 2.43. The van der Waals surface area contributed by atoms with Crippen molar-refractivity contribution in [3.8, 4) is 0 Å². The number of amides is 1. The monoisotopic (exact) mass is 326 g/mol. The summed E-state index contributed by atoms with van der Waals surface area (Å²) in [7, 11) is 0. The summed E-state index contributed by atoms with van der Waals surface area (Å²) in [6, 6.07) is 18.6. The van der Waals surface area contributed by atoms with Crippen LogP contribution < -0.4 is 0 Å². The third-order valence-electron chi connectivity index (χ3n) is 3.66. The van der Waals surface area contributed by atoms with E-state index in [9.17, 15) is 9.90 Å². The van der Waals surface area contributed by atoms with E-state index in [-0.39, 0.29) is 5.91 Å². The molecule has 1 N–H and O–H groups in total. The summed E-state index contributed by atoms with van der Waals surface area (Å²) >= 11 is 1.55. The molecule has 2 aromatic rings. The molecule has 1 atom stereocenters. The number of carbonyl (C=O) groups is 1. The number of amidine groups is 1. The number of aliphatic imine (C=N–C) groups is 1. The normalized spacial score (nSPS) is 17.4. The van der Waals surface area contributed by atoms with Crippen LogP contribution in [0.3, 0.4) is 0 Å². The molecule has 23 heavy (non-hydrogen) atoms. The minimum absolute atomic E-state index is 0.241. The van der Waals surface area contributed by atoms with Crippen molar-refractivity contribution in [3.05, 3.63) is 71.8 Å². The van der Waals surface area contributed by atoms with Crippen LogP contribution in [0.15, 0.2) is 65.7 Å². The van der Waals surface area contributed by atoms with Gasteiger partial charge >= 0.3 is 0 Å². The number of nitrogens with zero attached hydrogens (tertiary/aromatic N) is 2. The molecule has 0 aromatic heterocycles. The number of hydrogen-bond donors (Lipinski definition) is 1. The Kier molecular flexibility index (Phi) is 5.10. The second-order valence-electron chi connectivity index (χ2n) is 5.29. The van der Waals surface area contributed by atoms with E-state index in [1.807, 2.05) is 53.4 Å². The van der Waals surface area contributed by atoms with E-state index in [1.54, 1.807) is 23.9 Å². The first-order chi connectivity index (χ1) is 11.2. The molecule has 2 aromatic carbocycles. The first kappa shape index (κ1) is 15.8. The van der Waals surface area contributed by atoms with Crippen LogP contribution in [0, 0.1) is 0 Å². The number of benzene rings is 2. The molecule has 0 spiro atoms. The van der Waals surface area contributed by atoms with E-state index < -0.39 is 6.10 Å². The number of thioether (sulfide) groups is 1. The van der Waals surface area contributed by atoms with Crippen molar-refractivity contribution < 1.29 is 9.90 Å². The van der Waals surface area contributed by atoms with Gasteiger partial charge in [-0.15, -0.1) is 0 Å². The van der Waals surface area contributed by atoms with Crippen LogP contribution in [-0.4, -0.2) is 39.9 Å². The van der Waals surface area contributed by atoms with Crippen molar-refractivity contribution >= 4 is 22.8 Å². The maximum Gasteiger partial charge on any atom is 0.279 e. The largest absolute Gasteiger partial charge is 0.387 e. The molecule has 1 aliphatic rings. The quantitative estimate of drug-likeness (QED) is 0.938. The van der Waals surface area contributed by atoms with Crippen molar-refractivity contribution in [2.24, 2.45) is 4.99 Å². The van der Waals surface area contributed by atoms with Crippen molar-refractivity contribution in [1.82, 2.24) is 4.90 Å². The predicted molar refractivity (Wildman–Crippen MR) is 93.6 cm³/mol. The van der Waals surface area contributed by atoms with Crippen LogP contribution in [0.1, 0.15) is 22.0 Å². The first-order valence-corrected chi connectivity index (χ1v) is 8.51. The fourth-order valence-corrected chi connectivity index (χ4v) is 3.42. The Balaban J connectivity index is 1.70. The smallest absolute Gasteiger partial charge is 0.279 e. The summed E-state index contributed by atoms with van der Waals surface area (Å²) in [6.45, 7) is 1.23. The average molecular weight is 326 g/mol. The number of aliphatic hydroxyl groups excluding tert-OH is 1. The van der Waals surface area contributed by atoms with Crippen molar-refractivity contribution in [2.45, 2.75) is 6.10 Å². The van der Waals surface area contributed by atoms with Gasteiger partial charge in [0.1, 0.15) is 0 Å². The Morgan fingerprint density at radius 3 is 2.48 bits per heavy atom. The van der Waals surface area contributed by atoms with E-state index in [0.717, 1.165) is 17.9 Å². The summed E-state index contributed by atoms with van der Waals surface area (Å²) in [5.41, 5.74) is 1.45. The highest BCUT2D eigenvalue weighted by Crippen LogP contribution is 2.22. The van der Waals surface area contributed by atoms with Gasteiger partial charge in [0.2, 0.25) is 0 Å². The maximum atomic E-state index is 12.2. The van der Waals surface area contributed by atoms with Gasteiger partial charge in [-0.05, 0) is 17.7 Å². The molecule has 5 heteroatoms. The Hall–Kier alpha value is -2.11. The topological polar surface area (TPSA) is 52.9 Å². The molecule has 0 aliphatic carbocycles. The van der Waals surface area contributed by atoms with Gasteiger partial charge in [-0.1, -0.05) is 60.3 Å². The molecule has 0 bridgehead atoms. The summed E-state index contributed by atoms with van der Waals surface area (Å²) in [4.78, 5) is 18.4. The summed E-state index contributed by atoms with van der Waals surface area (Å²) in [6.07, 6.45) is -0.591. The lowest BCUT2D eigenvalue weighted by atomic mass is 10.1. The minimum atomic E-state index is -0.591. The molecule has 1 heterocycles. The molecule has 1 saturated heterocycles. The lowest BCUT2D eigenvalue weighted by molar-refractivity contribution is 0.1000. The highest BCUT2D eigenvalue weighted by molar-refractivity contribution is 8.14. The van der Waals surface area contributed by atoms with Crippen LogP contribution in [0.5, 0.6) is 0 Å². The molecule has 1 amide bonds. The van der Waals surface area contributed by atoms with Gasteiger partial charge in [0, 0.05) is 17.9 Å². The van der Waals surface area contributed by atoms with E-state index >= 15 is 0 Å². The third kappa shape index (κ3) is 4.00. The SMILES string of the molecule is O=C(N=C1SCCN1C[C@@H](O)c1ccccc1)c1ccccc1. The molecule has 0 radical (unpaired) electrons. The molecule has 0 unspecified atom stereocenters. The van der Waals surface area contributed by atoms with E-state index in [4.69, 9.17) is 0 Å². The molecular formula is C18H18N2O2S. The van der Waals surface area contributed by atoms with Crippen LogP contribution in [0.2, 0.25) is 0 Å². The van der Waals surface area contributed by atoms with Gasteiger partial charge in [0.05, 0.1) is 12.6 Å². The van der Waals surface area contributed by atoms with Gasteiger partial charge in [0.25, 0.3) is 5.91 Å². The van der Waals surface area contributed by atoms with Crippen LogP contribution in [-0.2, 0) is 0 Å². The molecule has 3 rings (SSSR count). The molecule has 0 saturated carbocycles. The highest BCUT2D eigenvalue weighted by Gasteiger charge is 2.23. The zero-order chi connectivity index (χ0) is 16.1. The van der Waals surface area contributed by atoms with Gasteiger partial charge in [-0.2, -0.15) is 4.99 Å². The summed E-state index contributed by atoms with van der Waals surface area (Å²) in [5, 5.41) is 11.0. The Morgan fingerprint density at radius 2 is 1.78 bits per heavy atom. The van der Waals surface area contributed by atoms with Crippen LogP contribution in [0.25, 0.3) is 0 Å². The lowest BCUT2D eigenvalue weighted by Gasteiger charge is -2.21. The van der Waals surface area contributed by atoms with Crippen molar-refractivity contribution in [3.63, 3.8) is 0 Å². The number of rotatable bonds is 4. The number of hydrogen-bond acceptors (Lipinski definition) is 3. The second-order valence-corrected chi connectivity index (χ2v) is 6.35. The number of carbonyl (C=O) groups excluding carboxylic acids is 1. The first-order valence-electron chi connectivity index (χ1n) is 7.53. The Bertz CT molecular complexity index is 689. The number of β-amino-alcohol motifs (C(OH)–C–C–N with tert-alkyl or cyclic N) is 1. The maximum absolute atomic E-state index is 12.2. The molecule has 1 aliphatic heterocycles. The van der Waals surface area contributed by atoms with Crippen molar-refractivity contribution in [1.29, 1.82) is 0 Å². The van der Waals surface area contributed by atoms with Crippen molar-refractivity contribution in [2.75, 3.05) is 18.8 Å². The highest BCUT2D eigenvalue weighted by atomic mass is 32.2. The van der Waals surface area contributed by atoms with Gasteiger partial charge in [-0.25, -0.2) is 0 Å². The molecule has 118 valence electrons. The van der Waals surface area contributed by atoms with E-state index in [1.165, 1.54) is 0 Å². The minimum Gasteiger partial charge on any atom is -0.387 e. The predicted octanol–water partition coefficient (Wildman–Crippen LogP) is 2.97. The second kappa shape index (κ2) is 7.44. The fraction of sp³-hybridized carbons (Fsp3) is 0.222. The molecule has 4 nitrogen and oxygen atoms in total. The van der Waals surface area contributed by atoms with E-state index in [0.29, 0.717) is 17.3 Å². The van der Waals surface area contributed by atoms with Crippen LogP contribution in [0.4, 0.5) is 0 Å². The zero-order valence-corrected chi connectivity index (χ0v) is 13.4. The number of aliphatic hydroxyl groups is 1. The average Bonchev–Trinajstić information content (AvgIpc) is 3.03. The zero-order valence-electron chi connectivity index (χ0n) is 12.6. The lowest BCUT2D eigenvalue weighted by Crippen LogP contribution is -2.30.